The molecule has 0 atom stereocenters. The number of benzene rings is 1. The molecule has 0 radical (unpaired) electrons. The molecule has 2 aromatic rings. The number of sulfonamides is 1. The van der Waals surface area contributed by atoms with Gasteiger partial charge >= 0.3 is 0 Å². The Morgan fingerprint density at radius 3 is 2.53 bits per heavy atom. The molecule has 2 rings (SSSR count). The van der Waals surface area contributed by atoms with Gasteiger partial charge in [-0.1, -0.05) is 11.6 Å². The summed E-state index contributed by atoms with van der Waals surface area (Å²) < 4.78 is 26.4. The average molecular weight is 294 g/mol. The van der Waals surface area contributed by atoms with Gasteiger partial charge in [0.25, 0.3) is 10.0 Å². The van der Waals surface area contributed by atoms with Crippen LogP contribution in [0.25, 0.3) is 0 Å². The number of pyridine rings is 1. The number of nitrogens with zero attached hydrogens (tertiary/aromatic N) is 2. The van der Waals surface area contributed by atoms with E-state index in [1.165, 1.54) is 42.7 Å². The van der Waals surface area contributed by atoms with E-state index in [9.17, 15) is 8.42 Å². The largest absolute Gasteiger partial charge is 0.278 e. The maximum absolute atomic E-state index is 12.0. The Labute approximate surface area is 115 Å². The van der Waals surface area contributed by atoms with E-state index >= 15 is 0 Å². The van der Waals surface area contributed by atoms with Crippen LogP contribution in [0.1, 0.15) is 5.56 Å². The maximum Gasteiger partial charge on any atom is 0.261 e. The van der Waals surface area contributed by atoms with Crippen LogP contribution < -0.4 is 4.72 Å². The number of halogens is 1. The Morgan fingerprint density at radius 1 is 1.21 bits per heavy atom. The summed E-state index contributed by atoms with van der Waals surface area (Å²) in [6.07, 6.45) is 2.67. The molecule has 7 heteroatoms. The summed E-state index contributed by atoms with van der Waals surface area (Å²) in [6.45, 7) is 0. The van der Waals surface area contributed by atoms with Gasteiger partial charge in [-0.15, -0.1) is 0 Å². The monoisotopic (exact) mass is 293 g/mol. The smallest absolute Gasteiger partial charge is 0.261 e. The van der Waals surface area contributed by atoms with Crippen molar-refractivity contribution in [2.24, 2.45) is 0 Å². The van der Waals surface area contributed by atoms with Gasteiger partial charge in [0, 0.05) is 11.2 Å². The van der Waals surface area contributed by atoms with Crippen LogP contribution >= 0.6 is 11.6 Å². The lowest BCUT2D eigenvalue weighted by Crippen LogP contribution is -2.13. The molecule has 19 heavy (non-hydrogen) atoms. The van der Waals surface area contributed by atoms with Crippen LogP contribution in [0, 0.1) is 11.3 Å². The predicted octanol–water partition coefficient (Wildman–Crippen LogP) is 2.41. The number of nitriles is 1. The number of hydrogen-bond donors (Lipinski definition) is 1. The Hall–Kier alpha value is -2.10. The average Bonchev–Trinajstić information content (AvgIpc) is 2.39. The normalized spacial score (nSPS) is 10.7. The van der Waals surface area contributed by atoms with E-state index in [4.69, 9.17) is 16.9 Å². The topological polar surface area (TPSA) is 82.8 Å². The van der Waals surface area contributed by atoms with Crippen molar-refractivity contribution < 1.29 is 8.42 Å². The molecule has 96 valence electrons. The number of hydrogen-bond acceptors (Lipinski definition) is 4. The van der Waals surface area contributed by atoms with Crippen molar-refractivity contribution in [1.82, 2.24) is 4.98 Å². The number of anilines is 1. The van der Waals surface area contributed by atoms with E-state index in [-0.39, 0.29) is 16.1 Å². The van der Waals surface area contributed by atoms with E-state index in [1.807, 2.05) is 6.07 Å². The second kappa shape index (κ2) is 5.26. The predicted molar refractivity (Wildman–Crippen MR) is 71.2 cm³/mol. The quantitative estimate of drug-likeness (QED) is 0.942. The summed E-state index contributed by atoms with van der Waals surface area (Å²) in [5.41, 5.74) is 0.505. The minimum absolute atomic E-state index is 0.0826. The van der Waals surface area contributed by atoms with E-state index in [0.717, 1.165) is 0 Å². The number of nitrogens with one attached hydrogen (secondary N) is 1. The molecular formula is C12H8ClN3O2S. The molecule has 5 nitrogen and oxygen atoms in total. The summed E-state index contributed by atoms with van der Waals surface area (Å²) in [5, 5.41) is 9.18. The third kappa shape index (κ3) is 3.22. The Balaban J connectivity index is 2.31. The van der Waals surface area contributed by atoms with E-state index < -0.39 is 10.0 Å². The van der Waals surface area contributed by atoms with Gasteiger partial charge in [-0.3, -0.25) is 9.71 Å². The van der Waals surface area contributed by atoms with E-state index in [2.05, 4.69) is 9.71 Å². The number of rotatable bonds is 3. The molecule has 0 aliphatic heterocycles. The van der Waals surface area contributed by atoms with Gasteiger partial charge < -0.3 is 0 Å². The van der Waals surface area contributed by atoms with Crippen LogP contribution in [-0.2, 0) is 10.0 Å². The van der Waals surface area contributed by atoms with Crippen molar-refractivity contribution in [1.29, 1.82) is 5.26 Å². The first-order valence-electron chi connectivity index (χ1n) is 5.15. The molecule has 0 spiro atoms. The standard InChI is InChI=1S/C12H8ClN3O2S/c13-10-1-3-12(4-2-10)19(17,18)16-11-5-9(6-14)7-15-8-11/h1-5,7-8,16H. The molecule has 0 fully saturated rings. The first-order chi connectivity index (χ1) is 9.01. The fourth-order valence-corrected chi connectivity index (χ4v) is 2.54. The van der Waals surface area contributed by atoms with Crippen LogP contribution in [0.5, 0.6) is 0 Å². The third-order valence-corrected chi connectivity index (χ3v) is 3.89. The Kier molecular flexibility index (Phi) is 3.69. The van der Waals surface area contributed by atoms with Crippen LogP contribution in [0.3, 0.4) is 0 Å². The first-order valence-corrected chi connectivity index (χ1v) is 7.01. The Morgan fingerprint density at radius 2 is 1.89 bits per heavy atom. The highest BCUT2D eigenvalue weighted by Gasteiger charge is 2.14. The van der Waals surface area contributed by atoms with Gasteiger partial charge in [0.1, 0.15) is 6.07 Å². The number of aromatic nitrogens is 1. The second-order valence-electron chi connectivity index (χ2n) is 3.63. The highest BCUT2D eigenvalue weighted by Crippen LogP contribution is 2.18. The molecule has 1 heterocycles. The van der Waals surface area contributed by atoms with Crippen molar-refractivity contribution >= 4 is 27.3 Å². The van der Waals surface area contributed by atoms with Crippen molar-refractivity contribution in [2.75, 3.05) is 4.72 Å². The molecule has 0 saturated carbocycles. The minimum atomic E-state index is -3.71. The molecule has 0 aliphatic carbocycles. The van der Waals surface area contributed by atoms with Crippen LogP contribution in [0.15, 0.2) is 47.6 Å². The molecule has 0 amide bonds. The lowest BCUT2D eigenvalue weighted by atomic mass is 10.3. The molecular weight excluding hydrogens is 286 g/mol. The Bertz CT molecular complexity index is 736. The van der Waals surface area contributed by atoms with Crippen molar-refractivity contribution in [2.45, 2.75) is 4.90 Å². The van der Waals surface area contributed by atoms with Gasteiger partial charge in [0.05, 0.1) is 22.3 Å². The molecule has 0 unspecified atom stereocenters. The molecule has 1 aromatic carbocycles. The van der Waals surface area contributed by atoms with Gasteiger partial charge in [0.15, 0.2) is 0 Å². The molecule has 0 bridgehead atoms. The minimum Gasteiger partial charge on any atom is -0.278 e. The molecule has 0 aliphatic rings. The first kappa shape index (κ1) is 13.3. The van der Waals surface area contributed by atoms with Gasteiger partial charge in [-0.2, -0.15) is 5.26 Å². The van der Waals surface area contributed by atoms with Crippen LogP contribution in [0.4, 0.5) is 5.69 Å². The third-order valence-electron chi connectivity index (χ3n) is 2.24. The SMILES string of the molecule is N#Cc1cncc(NS(=O)(=O)c2ccc(Cl)cc2)c1. The summed E-state index contributed by atoms with van der Waals surface area (Å²) in [5.74, 6) is 0. The molecule has 1 N–H and O–H groups in total. The van der Waals surface area contributed by atoms with Crippen molar-refractivity contribution in [3.63, 3.8) is 0 Å². The molecule has 1 aromatic heterocycles. The zero-order valence-corrected chi connectivity index (χ0v) is 11.1. The van der Waals surface area contributed by atoms with Crippen LogP contribution in [0.2, 0.25) is 5.02 Å². The van der Waals surface area contributed by atoms with Crippen molar-refractivity contribution in [3.8, 4) is 6.07 Å². The highest BCUT2D eigenvalue weighted by atomic mass is 35.5. The van der Waals surface area contributed by atoms with Crippen molar-refractivity contribution in [3.05, 3.63) is 53.3 Å². The maximum atomic E-state index is 12.0. The highest BCUT2D eigenvalue weighted by molar-refractivity contribution is 7.92. The fraction of sp³-hybridized carbons (Fsp3) is 0. The van der Waals surface area contributed by atoms with Gasteiger partial charge in [-0.25, -0.2) is 8.42 Å². The summed E-state index contributed by atoms with van der Waals surface area (Å²) in [4.78, 5) is 3.86. The summed E-state index contributed by atoms with van der Waals surface area (Å²) in [7, 11) is -3.71. The lowest BCUT2D eigenvalue weighted by Gasteiger charge is -2.07. The zero-order valence-electron chi connectivity index (χ0n) is 9.54. The lowest BCUT2D eigenvalue weighted by molar-refractivity contribution is 0.601. The zero-order chi connectivity index (χ0) is 13.9. The van der Waals surface area contributed by atoms with Gasteiger partial charge in [0.2, 0.25) is 0 Å². The van der Waals surface area contributed by atoms with E-state index in [1.54, 1.807) is 0 Å². The second-order valence-corrected chi connectivity index (χ2v) is 5.75. The van der Waals surface area contributed by atoms with Gasteiger partial charge in [-0.05, 0) is 30.3 Å². The van der Waals surface area contributed by atoms with Crippen LogP contribution in [-0.4, -0.2) is 13.4 Å². The molecule has 0 saturated heterocycles. The fourth-order valence-electron chi connectivity index (χ4n) is 1.38. The summed E-state index contributed by atoms with van der Waals surface area (Å²) >= 11 is 5.70. The van der Waals surface area contributed by atoms with E-state index in [0.29, 0.717) is 5.02 Å². The summed E-state index contributed by atoms with van der Waals surface area (Å²) in [6, 6.07) is 9.05.